The number of nitrogens with one attached hydrogen (secondary N) is 6. The number of hydrogen-bond acceptors (Lipinski definition) is 12. The topological polar surface area (TPSA) is 272 Å². The van der Waals surface area contributed by atoms with Crippen molar-refractivity contribution in [2.75, 3.05) is 69.2 Å². The molecule has 0 bridgehead atoms. The van der Waals surface area contributed by atoms with Gasteiger partial charge >= 0.3 is 12.2 Å². The Labute approximate surface area is 437 Å². The van der Waals surface area contributed by atoms with E-state index in [1.54, 1.807) is 69.3 Å². The highest BCUT2D eigenvalue weighted by Crippen LogP contribution is 2.33. The van der Waals surface area contributed by atoms with Crippen LogP contribution in [0.25, 0.3) is 0 Å². The SMILES string of the molecule is C[C@@H](C(=O)N[C@H](C(=O)N1C[C@@H](NC(=O)COCCOCCOCC(=O)Nc2ccc(C(=O)Nc3ccccc3NC(=O)OC(C)(C)C)cc2)C[C@H]1C(=O)N[C@@H]1CCCc2ccccc21)C1CCCCC1)N(C)C(=O)O. The van der Waals surface area contributed by atoms with Crippen molar-refractivity contribution in [3.8, 4) is 0 Å². The zero-order valence-corrected chi connectivity index (χ0v) is 43.4. The molecule has 8 amide bonds. The van der Waals surface area contributed by atoms with Crippen molar-refractivity contribution in [2.24, 2.45) is 5.92 Å². The first kappa shape index (κ1) is 57.2. The molecular formula is C54H72N8O13. The third-order valence-corrected chi connectivity index (χ3v) is 13.3. The van der Waals surface area contributed by atoms with Gasteiger partial charge in [0.25, 0.3) is 5.91 Å². The third-order valence-electron chi connectivity index (χ3n) is 13.3. The second-order valence-corrected chi connectivity index (χ2v) is 20.1. The molecule has 5 atom stereocenters. The highest BCUT2D eigenvalue weighted by molar-refractivity contribution is 6.07. The number of ether oxygens (including phenoxy) is 4. The van der Waals surface area contributed by atoms with Crippen LogP contribution in [0.4, 0.5) is 26.7 Å². The van der Waals surface area contributed by atoms with Crippen LogP contribution >= 0.6 is 0 Å². The Morgan fingerprint density at radius 3 is 2.03 bits per heavy atom. The van der Waals surface area contributed by atoms with Crippen LogP contribution in [0.1, 0.15) is 107 Å². The molecule has 2 fully saturated rings. The molecular weight excluding hydrogens is 969 g/mol. The van der Waals surface area contributed by atoms with Crippen LogP contribution in [0.15, 0.2) is 72.8 Å². The number of likely N-dealkylation sites (tertiary alicyclic amines) is 1. The Kier molecular flexibility index (Phi) is 20.9. The number of para-hydroxylation sites is 2. The minimum absolute atomic E-state index is 0.00869. The van der Waals surface area contributed by atoms with Crippen LogP contribution in [-0.2, 0) is 49.3 Å². The fourth-order valence-electron chi connectivity index (χ4n) is 9.40. The van der Waals surface area contributed by atoms with Crippen molar-refractivity contribution >= 4 is 64.7 Å². The molecule has 3 aromatic carbocycles. The molecule has 406 valence electrons. The smallest absolute Gasteiger partial charge is 0.412 e. The number of carboxylic acid groups (broad SMARTS) is 1. The summed E-state index contributed by atoms with van der Waals surface area (Å²) in [6, 6.07) is 17.0. The Morgan fingerprint density at radius 1 is 0.733 bits per heavy atom. The Bertz CT molecular complexity index is 2480. The molecule has 1 saturated heterocycles. The minimum Gasteiger partial charge on any atom is -0.465 e. The zero-order chi connectivity index (χ0) is 54.1. The van der Waals surface area contributed by atoms with Crippen LogP contribution in [0.5, 0.6) is 0 Å². The zero-order valence-electron chi connectivity index (χ0n) is 43.4. The minimum atomic E-state index is -1.29. The van der Waals surface area contributed by atoms with Crippen LogP contribution in [0.2, 0.25) is 0 Å². The second-order valence-electron chi connectivity index (χ2n) is 20.1. The molecule has 0 spiro atoms. The molecule has 3 aliphatic rings. The quantitative estimate of drug-likeness (QED) is 0.0604. The number of anilines is 3. The molecule has 0 aromatic heterocycles. The maximum absolute atomic E-state index is 14.7. The summed E-state index contributed by atoms with van der Waals surface area (Å²) in [5, 5.41) is 26.6. The standard InChI is InChI=1S/C54H72N8O13/c1-34(61(5)53(70)71)48(65)60-47(36-15-7-6-8-16-36)51(68)62-31-39(30-44(62)50(67)57-41-21-13-17-35-14-9-10-18-40(35)41)56-46(64)33-74-29-27-72-26-28-73-32-45(63)55-38-24-22-37(23-25-38)49(66)58-42-19-11-12-20-43(42)59-52(69)75-54(2,3)4/h9-12,14,18-20,22-25,34,36,39,41,44,47H,6-8,13,15-17,21,26-33H2,1-5H3,(H,55,63)(H,56,64)(H,57,67)(H,58,66)(H,59,69)(H,60,65)(H,70,71)/t34-,39-,41+,44-,47-/m0/s1. The monoisotopic (exact) mass is 1040 g/mol. The maximum Gasteiger partial charge on any atom is 0.412 e. The van der Waals surface area contributed by atoms with Crippen molar-refractivity contribution in [2.45, 2.75) is 121 Å². The van der Waals surface area contributed by atoms with Gasteiger partial charge in [-0.25, -0.2) is 9.59 Å². The van der Waals surface area contributed by atoms with E-state index in [-0.39, 0.29) is 70.5 Å². The molecule has 3 aromatic rings. The predicted octanol–water partition coefficient (Wildman–Crippen LogP) is 5.62. The van der Waals surface area contributed by atoms with Crippen molar-refractivity contribution in [3.05, 3.63) is 89.5 Å². The molecule has 7 N–H and O–H groups in total. The van der Waals surface area contributed by atoms with Gasteiger partial charge in [0, 0.05) is 30.9 Å². The van der Waals surface area contributed by atoms with Gasteiger partial charge in [0.1, 0.15) is 36.9 Å². The van der Waals surface area contributed by atoms with E-state index in [4.69, 9.17) is 18.9 Å². The molecule has 6 rings (SSSR count). The number of rotatable bonds is 22. The van der Waals surface area contributed by atoms with Crippen molar-refractivity contribution < 1.29 is 62.4 Å². The molecule has 0 radical (unpaired) electrons. The number of hydrogen-bond donors (Lipinski definition) is 7. The summed E-state index contributed by atoms with van der Waals surface area (Å²) >= 11 is 0. The van der Waals surface area contributed by atoms with E-state index in [1.165, 1.54) is 18.9 Å². The fourth-order valence-corrected chi connectivity index (χ4v) is 9.40. The van der Waals surface area contributed by atoms with Gasteiger partial charge in [-0.3, -0.25) is 39.0 Å². The summed E-state index contributed by atoms with van der Waals surface area (Å²) in [6.07, 6.45) is 4.74. The van der Waals surface area contributed by atoms with E-state index in [9.17, 15) is 43.5 Å². The van der Waals surface area contributed by atoms with E-state index in [0.717, 1.165) is 54.6 Å². The van der Waals surface area contributed by atoms with Crippen molar-refractivity contribution in [3.63, 3.8) is 0 Å². The van der Waals surface area contributed by atoms with E-state index in [2.05, 4.69) is 31.9 Å². The number of benzene rings is 3. The van der Waals surface area contributed by atoms with E-state index in [0.29, 0.717) is 35.5 Å². The summed E-state index contributed by atoms with van der Waals surface area (Å²) in [6.45, 7) is 6.56. The van der Waals surface area contributed by atoms with Gasteiger partial charge in [0.15, 0.2) is 0 Å². The van der Waals surface area contributed by atoms with Gasteiger partial charge in [-0.05, 0) is 120 Å². The largest absolute Gasteiger partial charge is 0.465 e. The number of fused-ring (bicyclic) bond motifs is 1. The average Bonchev–Trinajstić information content (AvgIpc) is 3.81. The van der Waals surface area contributed by atoms with E-state index >= 15 is 0 Å². The molecule has 21 heteroatoms. The lowest BCUT2D eigenvalue weighted by Crippen LogP contribution is -2.59. The number of nitrogens with zero attached hydrogens (tertiary/aromatic N) is 2. The first-order valence-corrected chi connectivity index (χ1v) is 25.6. The normalized spacial score (nSPS) is 18.3. The summed E-state index contributed by atoms with van der Waals surface area (Å²) in [4.78, 5) is 108. The second kappa shape index (κ2) is 27.4. The van der Waals surface area contributed by atoms with E-state index in [1.807, 2.05) is 24.3 Å². The molecule has 1 aliphatic heterocycles. The average molecular weight is 1040 g/mol. The van der Waals surface area contributed by atoms with Gasteiger partial charge in [-0.1, -0.05) is 55.7 Å². The number of amides is 8. The number of carbonyl (C=O) groups excluding carboxylic acids is 7. The molecule has 75 heavy (non-hydrogen) atoms. The number of carbonyl (C=O) groups is 8. The van der Waals surface area contributed by atoms with Gasteiger partial charge in [-0.15, -0.1) is 0 Å². The van der Waals surface area contributed by atoms with Gasteiger partial charge in [0.05, 0.1) is 43.8 Å². The Morgan fingerprint density at radius 2 is 1.36 bits per heavy atom. The van der Waals surface area contributed by atoms with Crippen molar-refractivity contribution in [1.82, 2.24) is 25.8 Å². The third kappa shape index (κ3) is 17.2. The molecule has 21 nitrogen and oxygen atoms in total. The molecule has 1 heterocycles. The van der Waals surface area contributed by atoms with Gasteiger partial charge in [-0.2, -0.15) is 0 Å². The first-order valence-electron chi connectivity index (χ1n) is 25.6. The van der Waals surface area contributed by atoms with Crippen molar-refractivity contribution in [1.29, 1.82) is 0 Å². The summed E-state index contributed by atoms with van der Waals surface area (Å²) in [5.74, 6) is -2.98. The van der Waals surface area contributed by atoms with E-state index < -0.39 is 71.5 Å². The van der Waals surface area contributed by atoms with Crippen LogP contribution in [0.3, 0.4) is 0 Å². The summed E-state index contributed by atoms with van der Waals surface area (Å²) < 4.78 is 21.9. The predicted molar refractivity (Wildman–Crippen MR) is 278 cm³/mol. The highest BCUT2D eigenvalue weighted by Gasteiger charge is 2.45. The lowest BCUT2D eigenvalue weighted by molar-refractivity contribution is -0.143. The van der Waals surface area contributed by atoms with Crippen LogP contribution < -0.4 is 31.9 Å². The maximum atomic E-state index is 14.7. The summed E-state index contributed by atoms with van der Waals surface area (Å²) in [7, 11) is 1.29. The highest BCUT2D eigenvalue weighted by atomic mass is 16.6. The van der Waals surface area contributed by atoms with Crippen LogP contribution in [-0.4, -0.2) is 146 Å². The first-order chi connectivity index (χ1) is 35.9. The summed E-state index contributed by atoms with van der Waals surface area (Å²) in [5.41, 5.74) is 2.97. The number of aryl methyl sites for hydroxylation is 1. The Balaban J connectivity index is 0.926. The fraction of sp³-hybridized carbons (Fsp3) is 0.519. The molecule has 2 aliphatic carbocycles. The Hall–Kier alpha value is -7.10. The lowest BCUT2D eigenvalue weighted by atomic mass is 9.83. The van der Waals surface area contributed by atoms with Crippen LogP contribution in [0, 0.1) is 5.92 Å². The lowest BCUT2D eigenvalue weighted by Gasteiger charge is -2.36. The van der Waals surface area contributed by atoms with Gasteiger partial charge in [0.2, 0.25) is 29.5 Å². The van der Waals surface area contributed by atoms with Gasteiger partial charge < -0.3 is 55.5 Å². The molecule has 0 unspecified atom stereocenters. The molecule has 1 saturated carbocycles. The number of likely N-dealkylation sites (N-methyl/N-ethyl adjacent to an activating group) is 1.